The van der Waals surface area contributed by atoms with Gasteiger partial charge in [0.1, 0.15) is 11.6 Å². The van der Waals surface area contributed by atoms with Crippen LogP contribution in [0, 0.1) is 11.7 Å². The van der Waals surface area contributed by atoms with Crippen LogP contribution in [0.5, 0.6) is 5.75 Å². The van der Waals surface area contributed by atoms with Gasteiger partial charge >= 0.3 is 10.2 Å². The Kier molecular flexibility index (Phi) is 8.64. The molecule has 0 radical (unpaired) electrons. The van der Waals surface area contributed by atoms with Gasteiger partial charge in [-0.05, 0) is 43.2 Å². The van der Waals surface area contributed by atoms with Crippen molar-refractivity contribution in [3.05, 3.63) is 64.4 Å². The summed E-state index contributed by atoms with van der Waals surface area (Å²) in [5.41, 5.74) is 0.596. The van der Waals surface area contributed by atoms with Gasteiger partial charge in [-0.3, -0.25) is 4.79 Å². The first kappa shape index (κ1) is 25.9. The van der Waals surface area contributed by atoms with E-state index in [0.717, 1.165) is 43.4 Å². The molecule has 0 bridgehead atoms. The van der Waals surface area contributed by atoms with Crippen LogP contribution in [0.25, 0.3) is 0 Å². The normalized spacial score (nSPS) is 18.0. The van der Waals surface area contributed by atoms with Crippen molar-refractivity contribution in [3.8, 4) is 5.75 Å². The van der Waals surface area contributed by atoms with E-state index in [9.17, 15) is 17.6 Å². The van der Waals surface area contributed by atoms with Crippen LogP contribution in [0.3, 0.4) is 0 Å². The van der Waals surface area contributed by atoms with E-state index in [1.165, 1.54) is 4.31 Å². The monoisotopic (exact) mass is 524 g/mol. The lowest BCUT2D eigenvalue weighted by molar-refractivity contribution is 0.0101. The van der Waals surface area contributed by atoms with Crippen LogP contribution in [0.4, 0.5) is 4.39 Å². The average molecular weight is 525 g/mol. The van der Waals surface area contributed by atoms with Crippen LogP contribution in [0.15, 0.2) is 42.5 Å². The van der Waals surface area contributed by atoms with E-state index < -0.39 is 27.5 Å². The molecule has 2 aromatic carbocycles. The van der Waals surface area contributed by atoms with Crippen LogP contribution in [0.1, 0.15) is 54.4 Å². The van der Waals surface area contributed by atoms with E-state index in [1.54, 1.807) is 0 Å². The zero-order chi connectivity index (χ0) is 24.8. The number of piperidine rings is 1. The highest BCUT2D eigenvalue weighted by Crippen LogP contribution is 2.31. The van der Waals surface area contributed by atoms with Crippen molar-refractivity contribution in [3.63, 3.8) is 0 Å². The van der Waals surface area contributed by atoms with Gasteiger partial charge in [-0.25, -0.2) is 9.11 Å². The van der Waals surface area contributed by atoms with Gasteiger partial charge in [-0.1, -0.05) is 54.8 Å². The predicted octanol–water partition coefficient (Wildman–Crippen LogP) is 4.70. The molecule has 35 heavy (non-hydrogen) atoms. The molecule has 1 heterocycles. The van der Waals surface area contributed by atoms with Gasteiger partial charge in [-0.2, -0.15) is 12.7 Å². The van der Waals surface area contributed by atoms with Crippen molar-refractivity contribution in [2.75, 3.05) is 19.7 Å². The highest BCUT2D eigenvalue weighted by Gasteiger charge is 2.31. The van der Waals surface area contributed by atoms with Crippen LogP contribution in [0.2, 0.25) is 5.02 Å². The third-order valence-electron chi connectivity index (χ3n) is 6.51. The molecule has 1 amide bonds. The molecule has 0 unspecified atom stereocenters. The Labute approximate surface area is 210 Å². The van der Waals surface area contributed by atoms with Crippen LogP contribution >= 0.6 is 11.6 Å². The van der Waals surface area contributed by atoms with E-state index in [4.69, 9.17) is 21.1 Å². The van der Waals surface area contributed by atoms with Crippen LogP contribution < -0.4 is 9.46 Å². The summed E-state index contributed by atoms with van der Waals surface area (Å²) in [6.07, 6.45) is 5.35. The third kappa shape index (κ3) is 6.94. The Morgan fingerprint density at radius 2 is 1.77 bits per heavy atom. The Morgan fingerprint density at radius 1 is 1.09 bits per heavy atom. The molecule has 1 aliphatic carbocycles. The van der Waals surface area contributed by atoms with Gasteiger partial charge in [0.25, 0.3) is 5.91 Å². The van der Waals surface area contributed by atoms with Crippen molar-refractivity contribution in [2.45, 2.75) is 51.2 Å². The largest absolute Gasteiger partial charge is 0.492 e. The van der Waals surface area contributed by atoms with Crippen molar-refractivity contribution < 1.29 is 27.1 Å². The summed E-state index contributed by atoms with van der Waals surface area (Å²) >= 11 is 6.20. The molecule has 1 saturated carbocycles. The summed E-state index contributed by atoms with van der Waals surface area (Å²) < 4.78 is 54.8. The zero-order valence-corrected chi connectivity index (χ0v) is 21.0. The minimum Gasteiger partial charge on any atom is -0.492 e. The number of amides is 1. The summed E-state index contributed by atoms with van der Waals surface area (Å²) in [7, 11) is -4.15. The molecule has 0 spiro atoms. The lowest BCUT2D eigenvalue weighted by atomic mass is 10.1. The first-order valence-electron chi connectivity index (χ1n) is 11.9. The second kappa shape index (κ2) is 11.7. The SMILES string of the molecule is O=C(NS(=O)(=O)N1CCC(OCc2ccccc2)CC1)c1cc(Cl)c(OCC2CCCC2)cc1F. The minimum atomic E-state index is -4.15. The van der Waals surface area contributed by atoms with Crippen LogP contribution in [-0.4, -0.2) is 44.4 Å². The lowest BCUT2D eigenvalue weighted by Gasteiger charge is -2.31. The molecule has 4 rings (SSSR count). The van der Waals surface area contributed by atoms with E-state index >= 15 is 0 Å². The fourth-order valence-electron chi connectivity index (χ4n) is 4.46. The molecule has 190 valence electrons. The van der Waals surface area contributed by atoms with Crippen molar-refractivity contribution in [2.24, 2.45) is 5.92 Å². The molecule has 2 fully saturated rings. The molecule has 2 aliphatic rings. The molecular weight excluding hydrogens is 495 g/mol. The van der Waals surface area contributed by atoms with Crippen LogP contribution in [-0.2, 0) is 21.6 Å². The molecule has 7 nitrogen and oxygen atoms in total. The Hall–Kier alpha value is -2.20. The van der Waals surface area contributed by atoms with E-state index in [1.807, 2.05) is 35.1 Å². The topological polar surface area (TPSA) is 84.9 Å². The molecule has 2 aromatic rings. The minimum absolute atomic E-state index is 0.0586. The van der Waals surface area contributed by atoms with Gasteiger partial charge in [0.2, 0.25) is 0 Å². The standard InChI is InChI=1S/C25H30ClFN2O5S/c26-22-14-21(23(27)15-24(22)34-17-19-8-4-5-9-19)25(30)28-35(31,32)29-12-10-20(11-13-29)33-16-18-6-2-1-3-7-18/h1-3,6-7,14-15,19-20H,4-5,8-13,16-17H2,(H,28,30). The average Bonchev–Trinajstić information content (AvgIpc) is 3.37. The Morgan fingerprint density at radius 3 is 2.46 bits per heavy atom. The number of rotatable bonds is 9. The Bertz CT molecular complexity index is 1120. The number of hydrogen-bond acceptors (Lipinski definition) is 5. The van der Waals surface area contributed by atoms with Gasteiger partial charge in [-0.15, -0.1) is 0 Å². The van der Waals surface area contributed by atoms with Gasteiger partial charge in [0, 0.05) is 19.2 Å². The zero-order valence-electron chi connectivity index (χ0n) is 19.4. The molecule has 1 saturated heterocycles. The summed E-state index contributed by atoms with van der Waals surface area (Å²) in [5.74, 6) is -1.41. The fraction of sp³-hybridized carbons (Fsp3) is 0.480. The summed E-state index contributed by atoms with van der Waals surface area (Å²) in [5, 5.41) is 0.0586. The van der Waals surface area contributed by atoms with Crippen molar-refractivity contribution >= 4 is 27.7 Å². The second-order valence-electron chi connectivity index (χ2n) is 9.06. The van der Waals surface area contributed by atoms with E-state index in [-0.39, 0.29) is 30.0 Å². The number of carbonyl (C=O) groups excluding carboxylic acids is 1. The van der Waals surface area contributed by atoms with Gasteiger partial charge in [0.05, 0.1) is 29.9 Å². The Balaban J connectivity index is 1.30. The molecule has 0 atom stereocenters. The first-order chi connectivity index (χ1) is 16.8. The number of hydrogen-bond donors (Lipinski definition) is 1. The number of ether oxygens (including phenoxy) is 2. The quantitative estimate of drug-likeness (QED) is 0.514. The highest BCUT2D eigenvalue weighted by atomic mass is 35.5. The summed E-state index contributed by atoms with van der Waals surface area (Å²) in [6.45, 7) is 1.28. The smallest absolute Gasteiger partial charge is 0.304 e. The number of halogens is 2. The number of benzene rings is 2. The molecule has 1 aliphatic heterocycles. The maximum Gasteiger partial charge on any atom is 0.304 e. The van der Waals surface area contributed by atoms with Crippen molar-refractivity contribution in [1.29, 1.82) is 0 Å². The summed E-state index contributed by atoms with van der Waals surface area (Å²) in [6, 6.07) is 11.9. The second-order valence-corrected chi connectivity index (χ2v) is 11.1. The number of nitrogens with one attached hydrogen (secondary N) is 1. The molecular formula is C25H30ClFN2O5S. The van der Waals surface area contributed by atoms with E-state index in [2.05, 4.69) is 0 Å². The maximum absolute atomic E-state index is 14.7. The molecule has 10 heteroatoms. The summed E-state index contributed by atoms with van der Waals surface area (Å²) in [4.78, 5) is 12.6. The van der Waals surface area contributed by atoms with Crippen molar-refractivity contribution in [1.82, 2.24) is 9.03 Å². The van der Waals surface area contributed by atoms with Gasteiger partial charge < -0.3 is 9.47 Å². The lowest BCUT2D eigenvalue weighted by Crippen LogP contribution is -2.48. The highest BCUT2D eigenvalue weighted by molar-refractivity contribution is 7.87. The predicted molar refractivity (Wildman–Crippen MR) is 131 cm³/mol. The number of carbonyl (C=O) groups is 1. The first-order valence-corrected chi connectivity index (χ1v) is 13.7. The van der Waals surface area contributed by atoms with E-state index in [0.29, 0.717) is 32.0 Å². The van der Waals surface area contributed by atoms with Gasteiger partial charge in [0.15, 0.2) is 0 Å². The third-order valence-corrected chi connectivity index (χ3v) is 8.29. The fourth-order valence-corrected chi connectivity index (χ4v) is 5.85. The number of nitrogens with zero attached hydrogens (tertiary/aromatic N) is 1. The maximum atomic E-state index is 14.7. The molecule has 1 N–H and O–H groups in total. The molecule has 0 aromatic heterocycles.